The van der Waals surface area contributed by atoms with Crippen LogP contribution in [0.5, 0.6) is 0 Å². The smallest absolute Gasteiger partial charge is 0.303 e. The molecule has 1 fully saturated rings. The van der Waals surface area contributed by atoms with Gasteiger partial charge in [-0.3, -0.25) is 19.2 Å². The Labute approximate surface area is 218 Å². The van der Waals surface area contributed by atoms with Crippen molar-refractivity contribution in [2.75, 3.05) is 12.4 Å². The summed E-state index contributed by atoms with van der Waals surface area (Å²) < 4.78 is 57.6. The lowest BCUT2D eigenvalue weighted by atomic mass is 9.99. The molecular weight excluding hydrogens is 530 g/mol. The number of aryl methyl sites for hydroxylation is 1. The van der Waals surface area contributed by atoms with Gasteiger partial charge in [-0.05, 0) is 29.7 Å². The van der Waals surface area contributed by atoms with Gasteiger partial charge >= 0.3 is 23.9 Å². The Morgan fingerprint density at radius 1 is 0.865 bits per heavy atom. The highest BCUT2D eigenvalue weighted by molar-refractivity contribution is 8.00. The van der Waals surface area contributed by atoms with Crippen molar-refractivity contribution in [2.45, 2.75) is 76.3 Å². The van der Waals surface area contributed by atoms with E-state index in [0.717, 1.165) is 33.3 Å². The molecular formula is C23H31NO11S2. The van der Waals surface area contributed by atoms with Crippen molar-refractivity contribution in [1.82, 2.24) is 0 Å². The summed E-state index contributed by atoms with van der Waals surface area (Å²) in [7, 11) is -5.64. The molecule has 14 heteroatoms. The molecule has 2 rings (SSSR count). The topological polar surface area (TPSA) is 161 Å². The Morgan fingerprint density at radius 3 is 1.86 bits per heavy atom. The number of esters is 4. The molecule has 0 aromatic heterocycles. The summed E-state index contributed by atoms with van der Waals surface area (Å²) in [5.41, 5.74) is -0.390. The van der Waals surface area contributed by atoms with Crippen LogP contribution in [0.2, 0.25) is 0 Å². The van der Waals surface area contributed by atoms with Crippen molar-refractivity contribution in [1.29, 1.82) is 0 Å². The Hall–Kier alpha value is -2.84. The van der Waals surface area contributed by atoms with E-state index in [4.69, 9.17) is 23.7 Å². The van der Waals surface area contributed by atoms with Crippen LogP contribution in [0.3, 0.4) is 0 Å². The molecule has 1 aromatic carbocycles. The fourth-order valence-corrected chi connectivity index (χ4v) is 7.26. The normalized spacial score (nSPS) is 24.5. The van der Waals surface area contributed by atoms with Crippen molar-refractivity contribution < 1.29 is 51.3 Å². The summed E-state index contributed by atoms with van der Waals surface area (Å²) in [6, 6.07) is 6.08. The Balaban J connectivity index is 2.65. The number of carbonyl (C=O) groups is 4. The number of nitrogens with zero attached hydrogens (tertiary/aromatic N) is 1. The highest BCUT2D eigenvalue weighted by Gasteiger charge is 2.53. The van der Waals surface area contributed by atoms with E-state index in [1.807, 2.05) is 6.92 Å². The summed E-state index contributed by atoms with van der Waals surface area (Å²) in [5, 5.41) is 0. The molecule has 6 atom stereocenters. The quantitative estimate of drug-likeness (QED) is 0.318. The summed E-state index contributed by atoms with van der Waals surface area (Å²) in [6.07, 6.45) is -5.31. The predicted octanol–water partition coefficient (Wildman–Crippen LogP) is 1.59. The molecule has 37 heavy (non-hydrogen) atoms. The van der Waals surface area contributed by atoms with Crippen LogP contribution in [0.1, 0.15) is 40.2 Å². The maximum atomic E-state index is 13.1. The number of ether oxygens (including phenoxy) is 5. The van der Waals surface area contributed by atoms with E-state index in [2.05, 4.69) is 3.77 Å². The number of hydrogen-bond donors (Lipinski definition) is 0. The minimum atomic E-state index is -4.17. The van der Waals surface area contributed by atoms with Crippen LogP contribution in [0.15, 0.2) is 32.9 Å². The third kappa shape index (κ3) is 8.61. The van der Waals surface area contributed by atoms with Gasteiger partial charge in [-0.2, -0.15) is 8.42 Å². The van der Waals surface area contributed by atoms with Crippen molar-refractivity contribution >= 4 is 44.6 Å². The first-order valence-corrected chi connectivity index (χ1v) is 14.2. The Morgan fingerprint density at radius 2 is 1.38 bits per heavy atom. The average Bonchev–Trinajstić information content (AvgIpc) is 2.78. The van der Waals surface area contributed by atoms with Crippen LogP contribution in [0.4, 0.5) is 0 Å². The zero-order valence-electron chi connectivity index (χ0n) is 21.4. The second kappa shape index (κ2) is 13.1. The van der Waals surface area contributed by atoms with Crippen molar-refractivity contribution in [3.8, 4) is 0 Å². The van der Waals surface area contributed by atoms with Crippen molar-refractivity contribution in [3.63, 3.8) is 0 Å². The molecule has 0 amide bonds. The van der Waals surface area contributed by atoms with Gasteiger partial charge in [0.2, 0.25) is 0 Å². The third-order valence-electron chi connectivity index (χ3n) is 5.02. The van der Waals surface area contributed by atoms with Crippen LogP contribution in [0.25, 0.3) is 0 Å². The van der Waals surface area contributed by atoms with Crippen LogP contribution in [0, 0.1) is 6.92 Å². The standard InChI is InChI=1S/C23H31NO11S2/c1-7-36(24-37(29,30)18-10-8-13(2)9-11-18)23-22(34-17(6)28)21(33-16(5)27)20(32-15(4)26)19(35-23)12-31-14(3)25/h8-11,19-23H,7,12H2,1-6H3/t19-,20+,21+,22-,23+,36?/m1/s1. The van der Waals surface area contributed by atoms with Crippen LogP contribution >= 0.6 is 0 Å². The van der Waals surface area contributed by atoms with Gasteiger partial charge in [0.15, 0.2) is 23.7 Å². The zero-order valence-corrected chi connectivity index (χ0v) is 23.0. The molecule has 1 aliphatic rings. The summed E-state index contributed by atoms with van der Waals surface area (Å²) in [5.74, 6) is -2.85. The summed E-state index contributed by atoms with van der Waals surface area (Å²) >= 11 is 0. The first-order chi connectivity index (χ1) is 17.2. The zero-order chi connectivity index (χ0) is 27.9. The van der Waals surface area contributed by atoms with E-state index >= 15 is 0 Å². The molecule has 1 aromatic rings. The molecule has 0 N–H and O–H groups in total. The molecule has 206 valence electrons. The molecule has 0 aliphatic carbocycles. The van der Waals surface area contributed by atoms with Gasteiger partial charge < -0.3 is 23.7 Å². The second-order valence-electron chi connectivity index (χ2n) is 8.12. The molecule has 0 spiro atoms. The molecule has 0 saturated carbocycles. The van der Waals surface area contributed by atoms with Gasteiger partial charge in [0, 0.05) is 33.4 Å². The summed E-state index contributed by atoms with van der Waals surface area (Å²) in [4.78, 5) is 47.3. The maximum Gasteiger partial charge on any atom is 0.303 e. The number of rotatable bonds is 9. The second-order valence-corrected chi connectivity index (χ2v) is 12.0. The predicted molar refractivity (Wildman–Crippen MR) is 131 cm³/mol. The van der Waals surface area contributed by atoms with E-state index in [-0.39, 0.29) is 10.6 Å². The Bertz CT molecular complexity index is 1150. The first kappa shape index (κ1) is 30.4. The molecule has 0 bridgehead atoms. The molecule has 12 nitrogen and oxygen atoms in total. The summed E-state index contributed by atoms with van der Waals surface area (Å²) in [6.45, 7) is 7.53. The van der Waals surface area contributed by atoms with Crippen molar-refractivity contribution in [3.05, 3.63) is 29.8 Å². The minimum absolute atomic E-state index is 0.0466. The van der Waals surface area contributed by atoms with Crippen LogP contribution in [-0.4, -0.2) is 74.5 Å². The van der Waals surface area contributed by atoms with Crippen LogP contribution in [-0.2, 0) is 63.6 Å². The van der Waals surface area contributed by atoms with Crippen molar-refractivity contribution in [2.24, 2.45) is 3.77 Å². The van der Waals surface area contributed by atoms with Gasteiger partial charge in [0.25, 0.3) is 10.0 Å². The van der Waals surface area contributed by atoms with E-state index in [9.17, 15) is 27.6 Å². The van der Waals surface area contributed by atoms with Gasteiger partial charge in [-0.1, -0.05) is 24.6 Å². The fourth-order valence-electron chi connectivity index (χ4n) is 3.55. The maximum absolute atomic E-state index is 13.1. The highest BCUT2D eigenvalue weighted by Crippen LogP contribution is 2.32. The van der Waals surface area contributed by atoms with E-state index in [1.165, 1.54) is 12.1 Å². The van der Waals surface area contributed by atoms with E-state index < -0.39 is 81.1 Å². The minimum Gasteiger partial charge on any atom is -0.463 e. The third-order valence-corrected chi connectivity index (χ3v) is 8.95. The fraction of sp³-hybridized carbons (Fsp3) is 0.565. The Kier molecular flexibility index (Phi) is 10.8. The number of benzene rings is 1. The number of hydrogen-bond acceptors (Lipinski definition) is 11. The van der Waals surface area contributed by atoms with E-state index in [1.54, 1.807) is 19.1 Å². The molecule has 1 heterocycles. The SMILES string of the molecule is CCS(=NS(=O)(=O)c1ccc(C)cc1)[C@@H]1O[C@H](COC(C)=O)[C@H](OC(C)=O)[C@H](OC(C)=O)[C@H]1OC(C)=O. The van der Waals surface area contributed by atoms with Gasteiger partial charge in [0.05, 0.1) is 4.90 Å². The van der Waals surface area contributed by atoms with Crippen LogP contribution < -0.4 is 0 Å². The lowest BCUT2D eigenvalue weighted by Gasteiger charge is -2.44. The lowest BCUT2D eigenvalue weighted by Crippen LogP contribution is -2.63. The van der Waals surface area contributed by atoms with E-state index in [0.29, 0.717) is 0 Å². The largest absolute Gasteiger partial charge is 0.463 e. The molecule has 0 radical (unpaired) electrons. The van der Waals surface area contributed by atoms with Gasteiger partial charge in [-0.25, -0.2) is 0 Å². The highest BCUT2D eigenvalue weighted by atomic mass is 32.3. The first-order valence-electron chi connectivity index (χ1n) is 11.3. The lowest BCUT2D eigenvalue weighted by molar-refractivity contribution is -0.237. The number of carbonyl (C=O) groups excluding carboxylic acids is 4. The van der Waals surface area contributed by atoms with Gasteiger partial charge in [0.1, 0.15) is 12.7 Å². The molecule has 1 unspecified atom stereocenters. The molecule has 1 aliphatic heterocycles. The monoisotopic (exact) mass is 561 g/mol. The number of sulfonamides is 1. The van der Waals surface area contributed by atoms with Gasteiger partial charge in [-0.15, -0.1) is 3.77 Å². The molecule has 1 saturated heterocycles. The average molecular weight is 562 g/mol.